The van der Waals surface area contributed by atoms with E-state index in [4.69, 9.17) is 0 Å². The molecule has 16 heavy (non-hydrogen) atoms. The molecule has 2 aromatic rings. The Bertz CT molecular complexity index is 514. The molecular weight excluding hydrogens is 194 g/mol. The fraction of sp³-hybridized carbons (Fsp3) is 0.0667. The minimum atomic E-state index is 0.288. The normalized spacial score (nSPS) is 17.6. The Labute approximate surface area is 95.4 Å². The summed E-state index contributed by atoms with van der Waals surface area (Å²) in [5.74, 6) is 0. The second-order valence-electron chi connectivity index (χ2n) is 3.98. The highest BCUT2D eigenvalue weighted by atomic mass is 14.9. The van der Waals surface area contributed by atoms with E-state index in [0.29, 0.717) is 0 Å². The van der Waals surface area contributed by atoms with Crippen LogP contribution in [0.4, 0.5) is 5.69 Å². The van der Waals surface area contributed by atoms with E-state index in [0.717, 1.165) is 0 Å². The molecule has 0 spiro atoms. The number of hydrogen-bond donors (Lipinski definition) is 1. The van der Waals surface area contributed by atoms with Crippen LogP contribution in [0.3, 0.4) is 0 Å². The summed E-state index contributed by atoms with van der Waals surface area (Å²) < 4.78 is 0. The van der Waals surface area contributed by atoms with Crippen LogP contribution >= 0.6 is 0 Å². The summed E-state index contributed by atoms with van der Waals surface area (Å²) in [6, 6.07) is 19.2. The van der Waals surface area contributed by atoms with E-state index in [-0.39, 0.29) is 6.04 Å². The van der Waals surface area contributed by atoms with E-state index in [1.807, 2.05) is 6.07 Å². The van der Waals surface area contributed by atoms with Gasteiger partial charge in [0, 0.05) is 5.69 Å². The number of fused-ring (bicyclic) bond motifs is 1. The minimum Gasteiger partial charge on any atom is -0.374 e. The molecule has 1 heterocycles. The quantitative estimate of drug-likeness (QED) is 0.748. The maximum absolute atomic E-state index is 3.53. The van der Waals surface area contributed by atoms with E-state index in [1.54, 1.807) is 0 Å². The third kappa shape index (κ3) is 1.61. The van der Waals surface area contributed by atoms with Crippen LogP contribution in [0.25, 0.3) is 6.08 Å². The average molecular weight is 207 g/mol. The lowest BCUT2D eigenvalue weighted by Crippen LogP contribution is -2.11. The standard InChI is InChI=1S/C15H13N/c1-2-6-12(7-3-1)15-11-10-13-8-4-5-9-14(13)16-15/h1-11,15-16H/t15-/m1/s1. The molecule has 1 N–H and O–H groups in total. The van der Waals surface area contributed by atoms with E-state index < -0.39 is 0 Å². The van der Waals surface area contributed by atoms with Gasteiger partial charge in [-0.05, 0) is 17.2 Å². The molecule has 0 unspecified atom stereocenters. The first-order valence-electron chi connectivity index (χ1n) is 5.52. The van der Waals surface area contributed by atoms with Gasteiger partial charge in [-0.25, -0.2) is 0 Å². The first-order chi connectivity index (χ1) is 7.93. The van der Waals surface area contributed by atoms with Crippen LogP contribution in [0.15, 0.2) is 60.7 Å². The Morgan fingerprint density at radius 1 is 0.812 bits per heavy atom. The van der Waals surface area contributed by atoms with Crippen molar-refractivity contribution in [1.82, 2.24) is 0 Å². The van der Waals surface area contributed by atoms with Crippen LogP contribution < -0.4 is 5.32 Å². The monoisotopic (exact) mass is 207 g/mol. The molecule has 0 aliphatic carbocycles. The highest BCUT2D eigenvalue weighted by molar-refractivity contribution is 5.71. The highest BCUT2D eigenvalue weighted by Crippen LogP contribution is 2.29. The van der Waals surface area contributed by atoms with E-state index in [1.165, 1.54) is 16.8 Å². The van der Waals surface area contributed by atoms with E-state index >= 15 is 0 Å². The van der Waals surface area contributed by atoms with Gasteiger partial charge in [0.1, 0.15) is 0 Å². The predicted molar refractivity (Wildman–Crippen MR) is 68.3 cm³/mol. The van der Waals surface area contributed by atoms with Crippen molar-refractivity contribution in [3.63, 3.8) is 0 Å². The number of rotatable bonds is 1. The molecule has 1 nitrogen and oxygen atoms in total. The molecule has 1 aliphatic heterocycles. The number of para-hydroxylation sites is 1. The number of hydrogen-bond acceptors (Lipinski definition) is 1. The first kappa shape index (κ1) is 9.22. The summed E-state index contributed by atoms with van der Waals surface area (Å²) in [4.78, 5) is 0. The SMILES string of the molecule is C1=C[C@H](c2ccccc2)Nc2ccccc21. The Hall–Kier alpha value is -2.02. The van der Waals surface area contributed by atoms with Crippen molar-refractivity contribution in [3.05, 3.63) is 71.8 Å². The Morgan fingerprint density at radius 3 is 2.44 bits per heavy atom. The first-order valence-corrected chi connectivity index (χ1v) is 5.52. The molecule has 1 aliphatic rings. The minimum absolute atomic E-state index is 0.288. The van der Waals surface area contributed by atoms with Gasteiger partial charge in [-0.1, -0.05) is 60.7 Å². The van der Waals surface area contributed by atoms with Crippen molar-refractivity contribution in [3.8, 4) is 0 Å². The van der Waals surface area contributed by atoms with Crippen LogP contribution in [-0.4, -0.2) is 0 Å². The molecule has 1 heteroatoms. The molecule has 0 aromatic heterocycles. The molecule has 78 valence electrons. The summed E-state index contributed by atoms with van der Waals surface area (Å²) in [5, 5.41) is 3.53. The third-order valence-electron chi connectivity index (χ3n) is 2.90. The van der Waals surface area contributed by atoms with E-state index in [2.05, 4.69) is 66.0 Å². The molecular formula is C15H13N. The molecule has 2 aromatic carbocycles. The second kappa shape index (κ2) is 3.86. The molecule has 0 radical (unpaired) electrons. The van der Waals surface area contributed by atoms with Gasteiger partial charge in [0.05, 0.1) is 6.04 Å². The Kier molecular flexibility index (Phi) is 2.22. The van der Waals surface area contributed by atoms with Gasteiger partial charge in [-0.3, -0.25) is 0 Å². The van der Waals surface area contributed by atoms with Crippen molar-refractivity contribution in [2.45, 2.75) is 6.04 Å². The van der Waals surface area contributed by atoms with Crippen molar-refractivity contribution in [2.24, 2.45) is 0 Å². The molecule has 1 atom stereocenters. The molecule has 0 saturated heterocycles. The highest BCUT2D eigenvalue weighted by Gasteiger charge is 2.12. The van der Waals surface area contributed by atoms with Crippen LogP contribution in [0.2, 0.25) is 0 Å². The van der Waals surface area contributed by atoms with E-state index in [9.17, 15) is 0 Å². The predicted octanol–water partition coefficient (Wildman–Crippen LogP) is 3.87. The summed E-state index contributed by atoms with van der Waals surface area (Å²) in [6.07, 6.45) is 4.39. The largest absolute Gasteiger partial charge is 0.374 e. The lowest BCUT2D eigenvalue weighted by molar-refractivity contribution is 0.979. The molecule has 0 fully saturated rings. The smallest absolute Gasteiger partial charge is 0.0701 e. The van der Waals surface area contributed by atoms with Gasteiger partial charge < -0.3 is 5.32 Å². The average Bonchev–Trinajstić information content (AvgIpc) is 2.39. The number of anilines is 1. The molecule has 3 rings (SSSR count). The van der Waals surface area contributed by atoms with Gasteiger partial charge in [0.25, 0.3) is 0 Å². The van der Waals surface area contributed by atoms with Gasteiger partial charge in [0.15, 0.2) is 0 Å². The lowest BCUT2D eigenvalue weighted by atomic mass is 10.0. The number of benzene rings is 2. The lowest BCUT2D eigenvalue weighted by Gasteiger charge is -2.22. The van der Waals surface area contributed by atoms with Crippen LogP contribution in [0.5, 0.6) is 0 Å². The Balaban J connectivity index is 1.95. The number of nitrogens with one attached hydrogen (secondary N) is 1. The van der Waals surface area contributed by atoms with Gasteiger partial charge in [0.2, 0.25) is 0 Å². The van der Waals surface area contributed by atoms with Crippen LogP contribution in [0.1, 0.15) is 17.2 Å². The third-order valence-corrected chi connectivity index (χ3v) is 2.90. The summed E-state index contributed by atoms with van der Waals surface area (Å²) in [5.41, 5.74) is 3.77. The fourth-order valence-corrected chi connectivity index (χ4v) is 2.04. The maximum Gasteiger partial charge on any atom is 0.0701 e. The summed E-state index contributed by atoms with van der Waals surface area (Å²) >= 11 is 0. The molecule has 0 amide bonds. The zero-order valence-corrected chi connectivity index (χ0v) is 8.93. The van der Waals surface area contributed by atoms with Crippen molar-refractivity contribution < 1.29 is 0 Å². The van der Waals surface area contributed by atoms with Gasteiger partial charge >= 0.3 is 0 Å². The zero-order valence-electron chi connectivity index (χ0n) is 8.93. The topological polar surface area (TPSA) is 12.0 Å². The Morgan fingerprint density at radius 2 is 1.56 bits per heavy atom. The second-order valence-corrected chi connectivity index (χ2v) is 3.98. The van der Waals surface area contributed by atoms with Crippen LogP contribution in [0, 0.1) is 0 Å². The van der Waals surface area contributed by atoms with Crippen molar-refractivity contribution in [2.75, 3.05) is 5.32 Å². The fourth-order valence-electron chi connectivity index (χ4n) is 2.04. The maximum atomic E-state index is 3.53. The van der Waals surface area contributed by atoms with Crippen LogP contribution in [-0.2, 0) is 0 Å². The van der Waals surface area contributed by atoms with Crippen molar-refractivity contribution >= 4 is 11.8 Å². The summed E-state index contributed by atoms with van der Waals surface area (Å²) in [7, 11) is 0. The molecule has 0 saturated carbocycles. The van der Waals surface area contributed by atoms with Gasteiger partial charge in [-0.15, -0.1) is 0 Å². The summed E-state index contributed by atoms with van der Waals surface area (Å²) in [6.45, 7) is 0. The zero-order chi connectivity index (χ0) is 10.8. The van der Waals surface area contributed by atoms with Crippen molar-refractivity contribution in [1.29, 1.82) is 0 Å². The molecule has 0 bridgehead atoms. The van der Waals surface area contributed by atoms with Gasteiger partial charge in [-0.2, -0.15) is 0 Å².